The minimum absolute atomic E-state index is 1.06. The Morgan fingerprint density at radius 3 is 2.45 bits per heavy atom. The van der Waals surface area contributed by atoms with Gasteiger partial charge in [0.05, 0.1) is 11.2 Å². The first-order chi connectivity index (χ1) is 10.9. The summed E-state index contributed by atoms with van der Waals surface area (Å²) in [4.78, 5) is 4.94. The Morgan fingerprint density at radius 2 is 1.64 bits per heavy atom. The molecule has 114 valence electrons. The minimum Gasteiger partial charge on any atom is -0.303 e. The van der Waals surface area contributed by atoms with Crippen LogP contribution in [0, 0.1) is 0 Å². The Labute approximate surface area is 132 Å². The van der Waals surface area contributed by atoms with E-state index < -0.39 is 0 Å². The molecule has 2 aromatic heterocycles. The molecule has 3 aromatic rings. The number of fused-ring (bicyclic) bond motifs is 1. The average Bonchev–Trinajstić information content (AvgIpc) is 2.95. The van der Waals surface area contributed by atoms with Gasteiger partial charge in [0.25, 0.3) is 0 Å². The van der Waals surface area contributed by atoms with Crippen LogP contribution in [0.3, 0.4) is 0 Å². The van der Waals surface area contributed by atoms with E-state index >= 15 is 0 Å². The van der Waals surface area contributed by atoms with Gasteiger partial charge in [0.1, 0.15) is 5.82 Å². The van der Waals surface area contributed by atoms with Gasteiger partial charge >= 0.3 is 0 Å². The number of unbranched alkanes of at least 4 members (excludes halogenated alkanes) is 4. The van der Waals surface area contributed by atoms with E-state index in [1.54, 1.807) is 0 Å². The zero-order chi connectivity index (χ0) is 15.2. The quantitative estimate of drug-likeness (QED) is 0.524. The normalized spacial score (nSPS) is 11.1. The van der Waals surface area contributed by atoms with Crippen molar-refractivity contribution in [3.63, 3.8) is 0 Å². The summed E-state index contributed by atoms with van der Waals surface area (Å²) >= 11 is 0. The first kappa shape index (κ1) is 14.8. The molecule has 0 fully saturated rings. The maximum Gasteiger partial charge on any atom is 0.113 e. The zero-order valence-electron chi connectivity index (χ0n) is 13.3. The molecule has 2 heteroatoms. The predicted molar refractivity (Wildman–Crippen MR) is 93.1 cm³/mol. The van der Waals surface area contributed by atoms with Crippen molar-refractivity contribution in [3.8, 4) is 11.3 Å². The molecule has 0 saturated carbocycles. The lowest BCUT2D eigenvalue weighted by molar-refractivity contribution is 0.622. The Kier molecular flexibility index (Phi) is 4.89. The van der Waals surface area contributed by atoms with E-state index in [4.69, 9.17) is 4.98 Å². The van der Waals surface area contributed by atoms with Crippen molar-refractivity contribution >= 4 is 5.52 Å². The van der Waals surface area contributed by atoms with Crippen LogP contribution in [0.1, 0.15) is 44.9 Å². The van der Waals surface area contributed by atoms with Gasteiger partial charge in [-0.2, -0.15) is 0 Å². The van der Waals surface area contributed by atoms with Crippen LogP contribution >= 0.6 is 0 Å². The van der Waals surface area contributed by atoms with Crippen molar-refractivity contribution in [2.75, 3.05) is 0 Å². The van der Waals surface area contributed by atoms with Crippen molar-refractivity contribution in [2.45, 2.75) is 45.4 Å². The molecule has 0 radical (unpaired) electrons. The van der Waals surface area contributed by atoms with Crippen molar-refractivity contribution in [1.82, 2.24) is 9.38 Å². The van der Waals surface area contributed by atoms with Crippen LogP contribution in [0.5, 0.6) is 0 Å². The number of hydrogen-bond donors (Lipinski definition) is 0. The van der Waals surface area contributed by atoms with Gasteiger partial charge in [0.2, 0.25) is 0 Å². The molecule has 0 saturated heterocycles. The van der Waals surface area contributed by atoms with E-state index in [9.17, 15) is 0 Å². The van der Waals surface area contributed by atoms with Gasteiger partial charge in [0, 0.05) is 18.2 Å². The highest BCUT2D eigenvalue weighted by Gasteiger charge is 2.11. The maximum absolute atomic E-state index is 4.94. The SMILES string of the molecule is CCCCCCCc1nc(-c2ccccc2)c2ccccn12. The number of pyridine rings is 1. The lowest BCUT2D eigenvalue weighted by Crippen LogP contribution is -1.94. The van der Waals surface area contributed by atoms with Crippen LogP contribution in [0.15, 0.2) is 54.7 Å². The molecule has 0 aliphatic rings. The summed E-state index contributed by atoms with van der Waals surface area (Å²) in [6, 6.07) is 16.8. The second-order valence-electron chi connectivity index (χ2n) is 5.86. The molecule has 0 N–H and O–H groups in total. The van der Waals surface area contributed by atoms with Gasteiger partial charge in [-0.05, 0) is 18.6 Å². The standard InChI is InChI=1S/C20H24N2/c1-2-3-4-5-9-15-19-21-20(17-12-7-6-8-13-17)18-14-10-11-16-22(18)19/h6-8,10-14,16H,2-5,9,15H2,1H3. The van der Waals surface area contributed by atoms with Crippen molar-refractivity contribution < 1.29 is 0 Å². The molecule has 0 bridgehead atoms. The molecule has 0 atom stereocenters. The molecule has 0 spiro atoms. The molecule has 0 aliphatic heterocycles. The Balaban J connectivity index is 1.85. The van der Waals surface area contributed by atoms with Gasteiger partial charge in [0.15, 0.2) is 0 Å². The lowest BCUT2D eigenvalue weighted by atomic mass is 10.1. The highest BCUT2D eigenvalue weighted by Crippen LogP contribution is 2.25. The second kappa shape index (κ2) is 7.26. The van der Waals surface area contributed by atoms with E-state index in [-0.39, 0.29) is 0 Å². The monoisotopic (exact) mass is 292 g/mol. The van der Waals surface area contributed by atoms with Gasteiger partial charge in [-0.1, -0.05) is 69.0 Å². The first-order valence-corrected chi connectivity index (χ1v) is 8.41. The third-order valence-electron chi connectivity index (χ3n) is 4.17. The number of rotatable bonds is 7. The largest absolute Gasteiger partial charge is 0.303 e. The third kappa shape index (κ3) is 3.22. The van der Waals surface area contributed by atoms with E-state index in [1.807, 2.05) is 0 Å². The summed E-state index contributed by atoms with van der Waals surface area (Å²) in [5, 5.41) is 0. The van der Waals surface area contributed by atoms with Crippen LogP contribution in [-0.2, 0) is 6.42 Å². The molecular formula is C20H24N2. The fourth-order valence-electron chi connectivity index (χ4n) is 2.97. The predicted octanol–water partition coefficient (Wildman–Crippen LogP) is 5.51. The van der Waals surface area contributed by atoms with E-state index in [0.717, 1.165) is 12.1 Å². The summed E-state index contributed by atoms with van der Waals surface area (Å²) in [6.45, 7) is 2.26. The number of hydrogen-bond acceptors (Lipinski definition) is 1. The number of benzene rings is 1. The smallest absolute Gasteiger partial charge is 0.113 e. The topological polar surface area (TPSA) is 17.3 Å². The molecule has 0 unspecified atom stereocenters. The van der Waals surface area contributed by atoms with E-state index in [2.05, 4.69) is 66.1 Å². The summed E-state index contributed by atoms with van der Waals surface area (Å²) in [5.74, 6) is 1.19. The molecule has 2 nitrogen and oxygen atoms in total. The van der Waals surface area contributed by atoms with Gasteiger partial charge in [-0.25, -0.2) is 4.98 Å². The molecule has 3 rings (SSSR count). The number of aryl methyl sites for hydroxylation is 1. The third-order valence-corrected chi connectivity index (χ3v) is 4.17. The van der Waals surface area contributed by atoms with Gasteiger partial charge in [-0.3, -0.25) is 0 Å². The van der Waals surface area contributed by atoms with E-state index in [0.29, 0.717) is 0 Å². The summed E-state index contributed by atoms with van der Waals surface area (Å²) in [6.07, 6.45) is 9.70. The second-order valence-corrected chi connectivity index (χ2v) is 5.86. The highest BCUT2D eigenvalue weighted by atomic mass is 15.0. The van der Waals surface area contributed by atoms with E-state index in [1.165, 1.54) is 49.0 Å². The first-order valence-electron chi connectivity index (χ1n) is 8.41. The van der Waals surface area contributed by atoms with Crippen LogP contribution in [-0.4, -0.2) is 9.38 Å². The van der Waals surface area contributed by atoms with Gasteiger partial charge < -0.3 is 4.40 Å². The van der Waals surface area contributed by atoms with Crippen molar-refractivity contribution in [1.29, 1.82) is 0 Å². The van der Waals surface area contributed by atoms with Crippen LogP contribution < -0.4 is 0 Å². The fraction of sp³-hybridized carbons (Fsp3) is 0.350. The van der Waals surface area contributed by atoms with Crippen molar-refractivity contribution in [2.24, 2.45) is 0 Å². The number of imidazole rings is 1. The van der Waals surface area contributed by atoms with Gasteiger partial charge in [-0.15, -0.1) is 0 Å². The maximum atomic E-state index is 4.94. The summed E-state index contributed by atoms with van der Waals surface area (Å²) in [7, 11) is 0. The Hall–Kier alpha value is -2.09. The highest BCUT2D eigenvalue weighted by molar-refractivity contribution is 5.77. The molecule has 22 heavy (non-hydrogen) atoms. The summed E-state index contributed by atoms with van der Waals surface area (Å²) < 4.78 is 2.25. The minimum atomic E-state index is 1.06. The average molecular weight is 292 g/mol. The van der Waals surface area contributed by atoms with Crippen LogP contribution in [0.4, 0.5) is 0 Å². The number of aromatic nitrogens is 2. The molecule has 2 heterocycles. The zero-order valence-corrected chi connectivity index (χ0v) is 13.3. The van der Waals surface area contributed by atoms with Crippen molar-refractivity contribution in [3.05, 3.63) is 60.6 Å². The van der Waals surface area contributed by atoms with Crippen LogP contribution in [0.25, 0.3) is 16.8 Å². The molecule has 0 amide bonds. The Morgan fingerprint density at radius 1 is 0.864 bits per heavy atom. The Bertz CT molecular complexity index is 713. The lowest BCUT2D eigenvalue weighted by Gasteiger charge is -2.01. The molecule has 0 aliphatic carbocycles. The number of nitrogens with zero attached hydrogens (tertiary/aromatic N) is 2. The van der Waals surface area contributed by atoms with Crippen LogP contribution in [0.2, 0.25) is 0 Å². The fourth-order valence-corrected chi connectivity index (χ4v) is 2.97. The molecular weight excluding hydrogens is 268 g/mol. The molecule has 1 aromatic carbocycles. The summed E-state index contributed by atoms with van der Waals surface area (Å²) in [5.41, 5.74) is 3.51.